The van der Waals surface area contributed by atoms with E-state index in [0.717, 1.165) is 46.5 Å². The summed E-state index contributed by atoms with van der Waals surface area (Å²) in [6, 6.07) is 22.2. The first-order chi connectivity index (χ1) is 18.6. The summed E-state index contributed by atoms with van der Waals surface area (Å²) in [6.45, 7) is 2.04. The predicted octanol–water partition coefficient (Wildman–Crippen LogP) is 6.64. The standard InChI is InChI=1S/C33H32FNO3/c1-37-26-11-7-24(8-12-26)33(23-5-9-25(10-6-23)35-15-3-4-16-35)14-13-28-22(21-36)17-30-29(31(28)20-33)18-27(38-2)19-32(30)34/h5-14,17-19,36H,3-4,15-16,20-21H2,1-2H3. The quantitative estimate of drug-likeness (QED) is 0.316. The number of allylic oxidation sites excluding steroid dienone is 1. The minimum Gasteiger partial charge on any atom is -0.497 e. The van der Waals surface area contributed by atoms with Gasteiger partial charge in [-0.2, -0.15) is 0 Å². The molecule has 0 aromatic heterocycles. The van der Waals surface area contributed by atoms with Crippen LogP contribution < -0.4 is 14.4 Å². The Morgan fingerprint density at radius 2 is 1.50 bits per heavy atom. The van der Waals surface area contributed by atoms with Crippen molar-refractivity contribution in [3.05, 3.63) is 106 Å². The summed E-state index contributed by atoms with van der Waals surface area (Å²) in [6.07, 6.45) is 7.42. The second-order valence-corrected chi connectivity index (χ2v) is 10.2. The van der Waals surface area contributed by atoms with Crippen molar-refractivity contribution in [3.63, 3.8) is 0 Å². The Hall–Kier alpha value is -3.83. The third kappa shape index (κ3) is 4.02. The van der Waals surface area contributed by atoms with Crippen molar-refractivity contribution >= 4 is 22.5 Å². The van der Waals surface area contributed by atoms with Gasteiger partial charge in [0, 0.05) is 35.6 Å². The van der Waals surface area contributed by atoms with Crippen LogP contribution in [-0.4, -0.2) is 32.4 Å². The molecule has 1 aliphatic heterocycles. The Morgan fingerprint density at radius 1 is 0.842 bits per heavy atom. The topological polar surface area (TPSA) is 41.9 Å². The van der Waals surface area contributed by atoms with E-state index in [9.17, 15) is 5.11 Å². The highest BCUT2D eigenvalue weighted by Crippen LogP contribution is 2.46. The van der Waals surface area contributed by atoms with Crippen LogP contribution in [0.1, 0.15) is 40.7 Å². The lowest BCUT2D eigenvalue weighted by Crippen LogP contribution is -2.31. The fourth-order valence-corrected chi connectivity index (χ4v) is 6.19. The highest BCUT2D eigenvalue weighted by Gasteiger charge is 2.36. The van der Waals surface area contributed by atoms with Crippen LogP contribution in [0.2, 0.25) is 0 Å². The molecule has 6 rings (SSSR count). The van der Waals surface area contributed by atoms with E-state index in [0.29, 0.717) is 17.6 Å². The molecule has 1 saturated heterocycles. The Bertz CT molecular complexity index is 1500. The monoisotopic (exact) mass is 509 g/mol. The van der Waals surface area contributed by atoms with Gasteiger partial charge in [-0.15, -0.1) is 0 Å². The highest BCUT2D eigenvalue weighted by atomic mass is 19.1. The number of fused-ring (bicyclic) bond motifs is 3. The lowest BCUT2D eigenvalue weighted by Gasteiger charge is -2.37. The minimum absolute atomic E-state index is 0.159. The van der Waals surface area contributed by atoms with Crippen molar-refractivity contribution in [2.75, 3.05) is 32.2 Å². The lowest BCUT2D eigenvalue weighted by atomic mass is 9.66. The van der Waals surface area contributed by atoms with Crippen LogP contribution in [0.25, 0.3) is 16.8 Å². The van der Waals surface area contributed by atoms with Crippen LogP contribution in [0, 0.1) is 5.82 Å². The van der Waals surface area contributed by atoms with Gasteiger partial charge in [-0.05, 0) is 88.9 Å². The first-order valence-electron chi connectivity index (χ1n) is 13.2. The van der Waals surface area contributed by atoms with Crippen LogP contribution in [-0.2, 0) is 18.4 Å². The number of nitrogens with zero attached hydrogens (tertiary/aromatic N) is 1. The number of methoxy groups -OCH3 is 2. The van der Waals surface area contributed by atoms with Gasteiger partial charge in [-0.25, -0.2) is 4.39 Å². The molecule has 4 aromatic carbocycles. The molecule has 0 bridgehead atoms. The summed E-state index contributed by atoms with van der Waals surface area (Å²) >= 11 is 0. The molecule has 194 valence electrons. The lowest BCUT2D eigenvalue weighted by molar-refractivity contribution is 0.281. The van der Waals surface area contributed by atoms with Crippen molar-refractivity contribution in [2.45, 2.75) is 31.3 Å². The zero-order chi connectivity index (χ0) is 26.3. The number of hydrogen-bond donors (Lipinski definition) is 1. The molecule has 0 radical (unpaired) electrons. The summed E-state index contributed by atoms with van der Waals surface area (Å²) in [5.41, 5.74) is 5.73. The van der Waals surface area contributed by atoms with Crippen LogP contribution >= 0.6 is 0 Å². The van der Waals surface area contributed by atoms with Gasteiger partial charge in [-0.3, -0.25) is 0 Å². The van der Waals surface area contributed by atoms with Crippen molar-refractivity contribution in [1.82, 2.24) is 0 Å². The van der Waals surface area contributed by atoms with Crippen molar-refractivity contribution < 1.29 is 19.0 Å². The fourth-order valence-electron chi connectivity index (χ4n) is 6.19. The van der Waals surface area contributed by atoms with E-state index < -0.39 is 5.41 Å². The second-order valence-electron chi connectivity index (χ2n) is 10.2. The summed E-state index contributed by atoms with van der Waals surface area (Å²) in [4.78, 5) is 2.44. The van der Waals surface area contributed by atoms with Gasteiger partial charge in [0.1, 0.15) is 17.3 Å². The van der Waals surface area contributed by atoms with Gasteiger partial charge in [0.15, 0.2) is 0 Å². The second kappa shape index (κ2) is 9.80. The molecule has 38 heavy (non-hydrogen) atoms. The van der Waals surface area contributed by atoms with E-state index in [1.807, 2.05) is 18.2 Å². The Balaban J connectivity index is 1.56. The smallest absolute Gasteiger partial charge is 0.134 e. The molecule has 1 heterocycles. The maximum atomic E-state index is 15.2. The fraction of sp³-hybridized carbons (Fsp3) is 0.273. The number of anilines is 1. The Labute approximate surface area is 222 Å². The van der Waals surface area contributed by atoms with Crippen molar-refractivity contribution in [3.8, 4) is 11.5 Å². The molecule has 1 unspecified atom stereocenters. The molecule has 1 fully saturated rings. The molecule has 2 aliphatic rings. The number of hydrogen-bond acceptors (Lipinski definition) is 4. The molecule has 0 spiro atoms. The third-order valence-electron chi connectivity index (χ3n) is 8.27. The number of ether oxygens (including phenoxy) is 2. The van der Waals surface area contributed by atoms with Crippen LogP contribution in [0.3, 0.4) is 0 Å². The highest BCUT2D eigenvalue weighted by molar-refractivity contribution is 5.93. The summed E-state index contributed by atoms with van der Waals surface area (Å²) in [5.74, 6) is 0.929. The van der Waals surface area contributed by atoms with Gasteiger partial charge < -0.3 is 19.5 Å². The van der Waals surface area contributed by atoms with Gasteiger partial charge in [-0.1, -0.05) is 36.4 Å². The average molecular weight is 510 g/mol. The summed E-state index contributed by atoms with van der Waals surface area (Å²) in [5, 5.41) is 11.5. The summed E-state index contributed by atoms with van der Waals surface area (Å²) in [7, 11) is 3.22. The zero-order valence-corrected chi connectivity index (χ0v) is 21.8. The SMILES string of the molecule is COc1ccc(C2(c3ccc(N4CCCC4)cc3)C=Cc3c(CO)cc4c(F)cc(OC)cc4c3C2)cc1. The van der Waals surface area contributed by atoms with E-state index in [-0.39, 0.29) is 12.4 Å². The Kier molecular flexibility index (Phi) is 6.32. The predicted molar refractivity (Wildman–Crippen MR) is 151 cm³/mol. The van der Waals surface area contributed by atoms with Gasteiger partial charge in [0.05, 0.1) is 20.8 Å². The van der Waals surface area contributed by atoms with E-state index in [1.54, 1.807) is 20.3 Å². The number of aliphatic hydroxyl groups is 1. The van der Waals surface area contributed by atoms with E-state index in [2.05, 4.69) is 53.5 Å². The molecular weight excluding hydrogens is 477 g/mol. The summed E-state index contributed by atoms with van der Waals surface area (Å²) < 4.78 is 26.1. The zero-order valence-electron chi connectivity index (χ0n) is 21.8. The number of rotatable bonds is 6. The number of benzene rings is 4. The largest absolute Gasteiger partial charge is 0.497 e. The van der Waals surface area contributed by atoms with E-state index in [4.69, 9.17) is 9.47 Å². The van der Waals surface area contributed by atoms with E-state index in [1.165, 1.54) is 30.2 Å². The van der Waals surface area contributed by atoms with Crippen LogP contribution in [0.5, 0.6) is 11.5 Å². The molecule has 0 saturated carbocycles. The van der Waals surface area contributed by atoms with Gasteiger partial charge >= 0.3 is 0 Å². The minimum atomic E-state index is -0.483. The van der Waals surface area contributed by atoms with E-state index >= 15 is 4.39 Å². The number of aliphatic hydroxyl groups excluding tert-OH is 1. The molecular formula is C33H32FNO3. The number of halogens is 1. The molecule has 1 N–H and O–H groups in total. The maximum absolute atomic E-state index is 15.2. The first-order valence-corrected chi connectivity index (χ1v) is 13.2. The molecule has 0 amide bonds. The van der Waals surface area contributed by atoms with Crippen molar-refractivity contribution in [2.24, 2.45) is 0 Å². The molecule has 5 heteroatoms. The third-order valence-corrected chi connectivity index (χ3v) is 8.27. The van der Waals surface area contributed by atoms with Crippen LogP contribution in [0.15, 0.2) is 72.8 Å². The molecule has 1 atom stereocenters. The molecule has 4 aromatic rings. The molecule has 1 aliphatic carbocycles. The normalized spacial score (nSPS) is 18.6. The maximum Gasteiger partial charge on any atom is 0.134 e. The van der Waals surface area contributed by atoms with Gasteiger partial charge in [0.25, 0.3) is 0 Å². The molecule has 4 nitrogen and oxygen atoms in total. The van der Waals surface area contributed by atoms with Crippen molar-refractivity contribution in [1.29, 1.82) is 0 Å². The first kappa shape index (κ1) is 24.5. The van der Waals surface area contributed by atoms with Gasteiger partial charge in [0.2, 0.25) is 0 Å². The Morgan fingerprint density at radius 3 is 2.13 bits per heavy atom. The average Bonchev–Trinajstić information content (AvgIpc) is 3.52. The van der Waals surface area contributed by atoms with Crippen LogP contribution in [0.4, 0.5) is 10.1 Å².